The number of carbonyl (C=O) groups is 1. The molecule has 1 N–H and O–H groups in total. The van der Waals surface area contributed by atoms with Crippen molar-refractivity contribution in [3.8, 4) is 11.1 Å². The van der Waals surface area contributed by atoms with Crippen LogP contribution in [0.4, 0.5) is 0 Å². The summed E-state index contributed by atoms with van der Waals surface area (Å²) in [5, 5.41) is 8.53. The van der Waals surface area contributed by atoms with Crippen LogP contribution in [0, 0.1) is 0 Å². The molecular formula is C16H16O4S. The number of sulfone groups is 1. The molecule has 0 atom stereocenters. The van der Waals surface area contributed by atoms with Crippen molar-refractivity contribution in [2.24, 2.45) is 0 Å². The summed E-state index contributed by atoms with van der Waals surface area (Å²) >= 11 is 0. The Hall–Kier alpha value is -2.14. The molecule has 0 fully saturated rings. The van der Waals surface area contributed by atoms with Crippen LogP contribution < -0.4 is 0 Å². The van der Waals surface area contributed by atoms with Gasteiger partial charge < -0.3 is 5.11 Å². The average Bonchev–Trinajstić information content (AvgIpc) is 2.45. The summed E-state index contributed by atoms with van der Waals surface area (Å²) in [4.78, 5) is 10.4. The molecule has 0 spiro atoms. The monoisotopic (exact) mass is 304 g/mol. The number of carboxylic acids is 1. The molecule has 0 aliphatic heterocycles. The van der Waals surface area contributed by atoms with Crippen molar-refractivity contribution in [1.82, 2.24) is 0 Å². The lowest BCUT2D eigenvalue weighted by atomic mass is 10.0. The van der Waals surface area contributed by atoms with E-state index in [2.05, 4.69) is 0 Å². The molecule has 0 unspecified atom stereocenters. The highest BCUT2D eigenvalue weighted by Gasteiger charge is 2.15. The first-order chi connectivity index (χ1) is 9.96. The summed E-state index contributed by atoms with van der Waals surface area (Å²) in [5.74, 6) is -2.27. The first-order valence-electron chi connectivity index (χ1n) is 6.53. The third kappa shape index (κ3) is 4.72. The van der Waals surface area contributed by atoms with Crippen molar-refractivity contribution in [3.05, 3.63) is 60.2 Å². The Kier molecular flexibility index (Phi) is 4.75. The quantitative estimate of drug-likeness (QED) is 0.889. The highest BCUT2D eigenvalue weighted by Crippen LogP contribution is 2.19. The topological polar surface area (TPSA) is 71.4 Å². The summed E-state index contributed by atoms with van der Waals surface area (Å²) in [6.07, 6.45) is 0.324. The fraction of sp³-hybridized carbons (Fsp3) is 0.188. The van der Waals surface area contributed by atoms with Gasteiger partial charge in [0.05, 0.1) is 5.75 Å². The van der Waals surface area contributed by atoms with Crippen LogP contribution in [0.5, 0.6) is 0 Å². The Morgan fingerprint density at radius 2 is 1.48 bits per heavy atom. The molecule has 0 aliphatic carbocycles. The van der Waals surface area contributed by atoms with Crippen LogP contribution in [0.3, 0.4) is 0 Å². The van der Waals surface area contributed by atoms with Crippen molar-refractivity contribution in [2.75, 3.05) is 11.5 Å². The van der Waals surface area contributed by atoms with Crippen LogP contribution in [0.25, 0.3) is 11.1 Å². The van der Waals surface area contributed by atoms with E-state index in [1.807, 2.05) is 54.6 Å². The van der Waals surface area contributed by atoms with E-state index in [4.69, 9.17) is 5.11 Å². The molecule has 2 rings (SSSR count). The highest BCUT2D eigenvalue weighted by atomic mass is 32.2. The normalized spacial score (nSPS) is 11.2. The second kappa shape index (κ2) is 6.54. The van der Waals surface area contributed by atoms with Gasteiger partial charge in [0.1, 0.15) is 5.75 Å². The maximum Gasteiger partial charge on any atom is 0.318 e. The van der Waals surface area contributed by atoms with Gasteiger partial charge >= 0.3 is 5.97 Å². The van der Waals surface area contributed by atoms with Gasteiger partial charge in [-0.25, -0.2) is 8.42 Å². The predicted molar refractivity (Wildman–Crippen MR) is 81.9 cm³/mol. The molecule has 2 aromatic rings. The summed E-state index contributed by atoms with van der Waals surface area (Å²) in [6, 6.07) is 17.5. The Morgan fingerprint density at radius 1 is 0.905 bits per heavy atom. The lowest BCUT2D eigenvalue weighted by molar-refractivity contribution is -0.134. The standard InChI is InChI=1S/C16H16O4S/c17-16(18)12-21(19,20)11-10-13-6-8-15(9-7-13)14-4-2-1-3-5-14/h1-9H,10-12H2,(H,17,18). The smallest absolute Gasteiger partial charge is 0.318 e. The Bertz CT molecular complexity index is 704. The molecule has 2 aromatic carbocycles. The molecule has 0 saturated carbocycles. The van der Waals surface area contributed by atoms with E-state index in [9.17, 15) is 13.2 Å². The maximum atomic E-state index is 11.5. The van der Waals surface area contributed by atoms with Gasteiger partial charge in [-0.1, -0.05) is 54.6 Å². The largest absolute Gasteiger partial charge is 0.480 e. The summed E-state index contributed by atoms with van der Waals surface area (Å²) < 4.78 is 23.0. The summed E-state index contributed by atoms with van der Waals surface area (Å²) in [7, 11) is -3.54. The van der Waals surface area contributed by atoms with E-state index < -0.39 is 21.6 Å². The minimum absolute atomic E-state index is 0.149. The molecule has 0 bridgehead atoms. The second-order valence-corrected chi connectivity index (χ2v) is 6.98. The number of benzene rings is 2. The molecule has 5 heteroatoms. The Morgan fingerprint density at radius 3 is 2.05 bits per heavy atom. The maximum absolute atomic E-state index is 11.5. The van der Waals surface area contributed by atoms with Crippen LogP contribution in [-0.2, 0) is 21.1 Å². The molecule has 0 amide bonds. The van der Waals surface area contributed by atoms with E-state index in [0.29, 0.717) is 6.42 Å². The summed E-state index contributed by atoms with van der Waals surface area (Å²) in [6.45, 7) is 0. The third-order valence-electron chi connectivity index (χ3n) is 3.11. The van der Waals surface area contributed by atoms with Crippen molar-refractivity contribution >= 4 is 15.8 Å². The van der Waals surface area contributed by atoms with Gasteiger partial charge in [0.15, 0.2) is 9.84 Å². The zero-order valence-electron chi connectivity index (χ0n) is 11.4. The SMILES string of the molecule is O=C(O)CS(=O)(=O)CCc1ccc(-c2ccccc2)cc1. The molecule has 110 valence electrons. The Balaban J connectivity index is 2.02. The fourth-order valence-electron chi connectivity index (χ4n) is 2.03. The lowest BCUT2D eigenvalue weighted by Crippen LogP contribution is -2.19. The van der Waals surface area contributed by atoms with Gasteiger partial charge in [0.2, 0.25) is 0 Å². The molecule has 0 radical (unpaired) electrons. The number of rotatable bonds is 6. The molecular weight excluding hydrogens is 288 g/mol. The van der Waals surface area contributed by atoms with E-state index >= 15 is 0 Å². The van der Waals surface area contributed by atoms with E-state index in [1.54, 1.807) is 0 Å². The second-order valence-electron chi connectivity index (χ2n) is 4.80. The van der Waals surface area contributed by atoms with Crippen molar-refractivity contribution < 1.29 is 18.3 Å². The zero-order chi connectivity index (χ0) is 15.3. The molecule has 0 heterocycles. The van der Waals surface area contributed by atoms with Gasteiger partial charge in [-0.15, -0.1) is 0 Å². The van der Waals surface area contributed by atoms with E-state index in [0.717, 1.165) is 16.7 Å². The Labute approximate surface area is 124 Å². The average molecular weight is 304 g/mol. The van der Waals surface area contributed by atoms with Crippen LogP contribution in [0.15, 0.2) is 54.6 Å². The fourth-order valence-corrected chi connectivity index (χ4v) is 3.10. The number of carboxylic acid groups (broad SMARTS) is 1. The van der Waals surface area contributed by atoms with Gasteiger partial charge in [0, 0.05) is 0 Å². The van der Waals surface area contributed by atoms with Gasteiger partial charge in [-0.2, -0.15) is 0 Å². The highest BCUT2D eigenvalue weighted by molar-refractivity contribution is 7.92. The van der Waals surface area contributed by atoms with Crippen LogP contribution in [0.2, 0.25) is 0 Å². The summed E-state index contributed by atoms with van der Waals surface area (Å²) in [5.41, 5.74) is 3.04. The van der Waals surface area contributed by atoms with Crippen LogP contribution in [-0.4, -0.2) is 31.0 Å². The molecule has 0 saturated heterocycles. The first-order valence-corrected chi connectivity index (χ1v) is 8.35. The van der Waals surface area contributed by atoms with Crippen molar-refractivity contribution in [2.45, 2.75) is 6.42 Å². The van der Waals surface area contributed by atoms with Crippen LogP contribution in [0.1, 0.15) is 5.56 Å². The van der Waals surface area contributed by atoms with E-state index in [-0.39, 0.29) is 5.75 Å². The first kappa shape index (κ1) is 15.3. The number of aryl methyl sites for hydroxylation is 1. The molecule has 21 heavy (non-hydrogen) atoms. The van der Waals surface area contributed by atoms with Gasteiger partial charge in [0.25, 0.3) is 0 Å². The molecule has 0 aliphatic rings. The number of hydrogen-bond donors (Lipinski definition) is 1. The predicted octanol–water partition coefficient (Wildman–Crippen LogP) is 2.40. The number of aliphatic carboxylic acids is 1. The lowest BCUT2D eigenvalue weighted by Gasteiger charge is -2.05. The van der Waals surface area contributed by atoms with Crippen molar-refractivity contribution in [1.29, 1.82) is 0 Å². The molecule has 4 nitrogen and oxygen atoms in total. The van der Waals surface area contributed by atoms with Gasteiger partial charge in [-0.05, 0) is 23.1 Å². The molecule has 0 aromatic heterocycles. The minimum atomic E-state index is -3.54. The van der Waals surface area contributed by atoms with Crippen LogP contribution >= 0.6 is 0 Å². The minimum Gasteiger partial charge on any atom is -0.480 e. The van der Waals surface area contributed by atoms with Gasteiger partial charge in [-0.3, -0.25) is 4.79 Å². The van der Waals surface area contributed by atoms with Crippen molar-refractivity contribution in [3.63, 3.8) is 0 Å². The zero-order valence-corrected chi connectivity index (χ0v) is 12.2. The third-order valence-corrected chi connectivity index (χ3v) is 4.62. The number of hydrogen-bond acceptors (Lipinski definition) is 3. The van der Waals surface area contributed by atoms with E-state index in [1.165, 1.54) is 0 Å².